The number of piperidine rings is 1. The van der Waals surface area contributed by atoms with Crippen molar-refractivity contribution in [2.75, 3.05) is 40.3 Å². The lowest BCUT2D eigenvalue weighted by Crippen LogP contribution is -2.43. The summed E-state index contributed by atoms with van der Waals surface area (Å²) in [5, 5.41) is 8.11. The van der Waals surface area contributed by atoms with Gasteiger partial charge in [-0.3, -0.25) is 4.90 Å². The van der Waals surface area contributed by atoms with Crippen LogP contribution in [-0.4, -0.2) is 72.0 Å². The lowest BCUT2D eigenvalue weighted by atomic mass is 10.0. The Balaban J connectivity index is 1.36. The largest absolute Gasteiger partial charge is 0.494 e. The van der Waals surface area contributed by atoms with Gasteiger partial charge in [-0.05, 0) is 51.5 Å². The van der Waals surface area contributed by atoms with Crippen molar-refractivity contribution in [2.24, 2.45) is 0 Å². The number of rotatable bonds is 6. The van der Waals surface area contributed by atoms with Crippen molar-refractivity contribution in [1.29, 1.82) is 0 Å². The molecule has 0 amide bonds. The number of para-hydroxylation sites is 1. The molecule has 0 saturated carbocycles. The van der Waals surface area contributed by atoms with Gasteiger partial charge in [0.15, 0.2) is 0 Å². The number of hydrogen-bond donors (Lipinski definition) is 1. The van der Waals surface area contributed by atoms with Crippen LogP contribution in [0.4, 0.5) is 0 Å². The average molecular weight is 370 g/mol. The number of hydrogen-bond acceptors (Lipinski definition) is 5. The molecular formula is C21H31N5O. The van der Waals surface area contributed by atoms with Crippen LogP contribution in [0.25, 0.3) is 5.69 Å². The highest BCUT2D eigenvalue weighted by Crippen LogP contribution is 2.27. The van der Waals surface area contributed by atoms with Crippen LogP contribution in [0, 0.1) is 0 Å². The number of likely N-dealkylation sites (tertiary alicyclic amines) is 2. The lowest BCUT2D eigenvalue weighted by molar-refractivity contribution is 0.141. The molecule has 2 aliphatic heterocycles. The van der Waals surface area contributed by atoms with Gasteiger partial charge in [-0.25, -0.2) is 4.68 Å². The van der Waals surface area contributed by atoms with Crippen molar-refractivity contribution in [1.82, 2.24) is 24.9 Å². The maximum atomic E-state index is 5.73. The number of benzene rings is 1. The zero-order valence-corrected chi connectivity index (χ0v) is 16.5. The highest BCUT2D eigenvalue weighted by molar-refractivity contribution is 5.51. The van der Waals surface area contributed by atoms with E-state index in [2.05, 4.69) is 39.4 Å². The van der Waals surface area contributed by atoms with Gasteiger partial charge in [-0.2, -0.15) is 5.10 Å². The first-order valence-electron chi connectivity index (χ1n) is 10.1. The fourth-order valence-corrected chi connectivity index (χ4v) is 4.44. The molecule has 2 aliphatic rings. The van der Waals surface area contributed by atoms with Crippen LogP contribution >= 0.6 is 0 Å². The zero-order chi connectivity index (χ0) is 18.6. The van der Waals surface area contributed by atoms with E-state index in [4.69, 9.17) is 4.74 Å². The van der Waals surface area contributed by atoms with Crippen molar-refractivity contribution < 1.29 is 4.74 Å². The predicted molar refractivity (Wildman–Crippen MR) is 107 cm³/mol. The molecule has 1 aromatic heterocycles. The molecule has 2 fully saturated rings. The molecule has 0 bridgehead atoms. The van der Waals surface area contributed by atoms with Gasteiger partial charge >= 0.3 is 0 Å². The molecule has 1 aromatic carbocycles. The van der Waals surface area contributed by atoms with Gasteiger partial charge in [-0.1, -0.05) is 12.1 Å². The average Bonchev–Trinajstić information content (AvgIpc) is 3.39. The minimum absolute atomic E-state index is 0.558. The summed E-state index contributed by atoms with van der Waals surface area (Å²) in [7, 11) is 3.97. The first-order chi connectivity index (χ1) is 13.2. The normalized spacial score (nSPS) is 22.4. The van der Waals surface area contributed by atoms with Crippen molar-refractivity contribution in [2.45, 2.75) is 37.9 Å². The van der Waals surface area contributed by atoms with Crippen LogP contribution < -0.4 is 10.1 Å². The second kappa shape index (κ2) is 8.42. The van der Waals surface area contributed by atoms with Crippen molar-refractivity contribution in [3.63, 3.8) is 0 Å². The summed E-state index contributed by atoms with van der Waals surface area (Å²) in [4.78, 5) is 5.14. The van der Waals surface area contributed by atoms with E-state index in [0.717, 1.165) is 30.6 Å². The molecule has 0 spiro atoms. The SMILES string of the molecule is COc1c(CNC2CCN(C3CCN(C)CC3)C2)cccc1-n1cccn1. The smallest absolute Gasteiger partial charge is 0.148 e. The second-order valence-corrected chi connectivity index (χ2v) is 7.82. The van der Waals surface area contributed by atoms with E-state index < -0.39 is 0 Å². The summed E-state index contributed by atoms with van der Waals surface area (Å²) in [6.07, 6.45) is 7.59. The van der Waals surface area contributed by atoms with E-state index in [1.807, 2.05) is 23.0 Å². The molecule has 2 saturated heterocycles. The van der Waals surface area contributed by atoms with Crippen molar-refractivity contribution >= 4 is 0 Å². The molecule has 1 unspecified atom stereocenters. The molecule has 1 N–H and O–H groups in total. The molecule has 1 atom stereocenters. The fraction of sp³-hybridized carbons (Fsp3) is 0.571. The Hall–Kier alpha value is -1.89. The van der Waals surface area contributed by atoms with Crippen LogP contribution in [0.15, 0.2) is 36.7 Å². The minimum atomic E-state index is 0.558. The molecule has 0 radical (unpaired) electrons. The standard InChI is InChI=1S/C21H31N5O/c1-24-12-8-19(9-13-24)25-14-7-18(16-25)22-15-17-5-3-6-20(21(17)27-2)26-11-4-10-23-26/h3-6,10-11,18-19,22H,7-9,12-16H2,1-2H3. The summed E-state index contributed by atoms with van der Waals surface area (Å²) in [6, 6.07) is 9.53. The van der Waals surface area contributed by atoms with E-state index in [1.54, 1.807) is 13.3 Å². The molecule has 4 rings (SSSR count). The monoisotopic (exact) mass is 369 g/mol. The number of ether oxygens (including phenoxy) is 1. The Labute approximate surface area is 162 Å². The van der Waals surface area contributed by atoms with E-state index in [0.29, 0.717) is 6.04 Å². The third-order valence-electron chi connectivity index (χ3n) is 6.04. The van der Waals surface area contributed by atoms with Gasteiger partial charge in [0.05, 0.1) is 7.11 Å². The molecule has 27 heavy (non-hydrogen) atoms. The third kappa shape index (κ3) is 4.18. The number of methoxy groups -OCH3 is 1. The van der Waals surface area contributed by atoms with Gasteiger partial charge in [0, 0.05) is 49.7 Å². The Kier molecular flexibility index (Phi) is 5.76. The van der Waals surface area contributed by atoms with Gasteiger partial charge < -0.3 is 15.0 Å². The lowest BCUT2D eigenvalue weighted by Gasteiger charge is -2.35. The van der Waals surface area contributed by atoms with Gasteiger partial charge in [0.2, 0.25) is 0 Å². The van der Waals surface area contributed by atoms with Crippen LogP contribution in [-0.2, 0) is 6.54 Å². The number of nitrogens with zero attached hydrogens (tertiary/aromatic N) is 4. The topological polar surface area (TPSA) is 45.6 Å². The Bertz CT molecular complexity index is 724. The zero-order valence-electron chi connectivity index (χ0n) is 16.5. The Morgan fingerprint density at radius 3 is 2.74 bits per heavy atom. The molecule has 6 nitrogen and oxygen atoms in total. The highest BCUT2D eigenvalue weighted by Gasteiger charge is 2.29. The molecule has 0 aliphatic carbocycles. The van der Waals surface area contributed by atoms with Crippen molar-refractivity contribution in [3.05, 3.63) is 42.2 Å². The minimum Gasteiger partial charge on any atom is -0.494 e. The Morgan fingerprint density at radius 2 is 2.00 bits per heavy atom. The number of aromatic nitrogens is 2. The molecule has 2 aromatic rings. The van der Waals surface area contributed by atoms with E-state index >= 15 is 0 Å². The molecule has 3 heterocycles. The van der Waals surface area contributed by atoms with Crippen LogP contribution in [0.1, 0.15) is 24.8 Å². The fourth-order valence-electron chi connectivity index (χ4n) is 4.44. The Morgan fingerprint density at radius 1 is 1.15 bits per heavy atom. The third-order valence-corrected chi connectivity index (χ3v) is 6.04. The van der Waals surface area contributed by atoms with Crippen LogP contribution in [0.5, 0.6) is 5.75 Å². The van der Waals surface area contributed by atoms with Gasteiger partial charge in [-0.15, -0.1) is 0 Å². The van der Waals surface area contributed by atoms with Gasteiger partial charge in [0.25, 0.3) is 0 Å². The van der Waals surface area contributed by atoms with E-state index in [9.17, 15) is 0 Å². The maximum Gasteiger partial charge on any atom is 0.148 e. The first kappa shape index (κ1) is 18.5. The van der Waals surface area contributed by atoms with Gasteiger partial charge in [0.1, 0.15) is 11.4 Å². The summed E-state index contributed by atoms with van der Waals surface area (Å²) < 4.78 is 7.59. The van der Waals surface area contributed by atoms with E-state index in [-0.39, 0.29) is 0 Å². The maximum absolute atomic E-state index is 5.73. The predicted octanol–water partition coefficient (Wildman–Crippen LogP) is 2.14. The second-order valence-electron chi connectivity index (χ2n) is 7.82. The summed E-state index contributed by atoms with van der Waals surface area (Å²) in [5.41, 5.74) is 2.17. The summed E-state index contributed by atoms with van der Waals surface area (Å²) in [6.45, 7) is 5.67. The summed E-state index contributed by atoms with van der Waals surface area (Å²) in [5.74, 6) is 0.902. The van der Waals surface area contributed by atoms with Crippen LogP contribution in [0.2, 0.25) is 0 Å². The molecule has 146 valence electrons. The van der Waals surface area contributed by atoms with E-state index in [1.165, 1.54) is 44.5 Å². The molecular weight excluding hydrogens is 338 g/mol. The highest BCUT2D eigenvalue weighted by atomic mass is 16.5. The first-order valence-corrected chi connectivity index (χ1v) is 10.1. The number of nitrogens with one attached hydrogen (secondary N) is 1. The summed E-state index contributed by atoms with van der Waals surface area (Å²) >= 11 is 0. The quantitative estimate of drug-likeness (QED) is 0.845. The van der Waals surface area contributed by atoms with Crippen LogP contribution in [0.3, 0.4) is 0 Å². The molecule has 6 heteroatoms. The van der Waals surface area contributed by atoms with Crippen molar-refractivity contribution in [3.8, 4) is 11.4 Å².